The van der Waals surface area contributed by atoms with Gasteiger partial charge in [0.15, 0.2) is 5.41 Å². The molecule has 1 aliphatic rings. The van der Waals surface area contributed by atoms with Crippen molar-refractivity contribution in [2.45, 2.75) is 19.3 Å². The standard InChI is InChI=1S/C14H15BrO5/c1-3-20-13(18)14(12(16)17)7-10(14)9-6-8(19-2)4-5-11(9)15/h4-6,10H,3,7H2,1-2H3,(H,16,17)/t10-,14-/m0/s1. The van der Waals surface area contributed by atoms with Crippen molar-refractivity contribution in [1.29, 1.82) is 0 Å². The number of aliphatic carboxylic acids is 1. The lowest BCUT2D eigenvalue weighted by Crippen LogP contribution is -2.29. The maximum atomic E-state index is 12.0. The second-order valence-corrected chi connectivity index (χ2v) is 5.50. The van der Waals surface area contributed by atoms with Gasteiger partial charge in [-0.15, -0.1) is 0 Å². The number of carbonyl (C=O) groups is 2. The molecule has 1 fully saturated rings. The number of carbonyl (C=O) groups excluding carboxylic acids is 1. The molecule has 20 heavy (non-hydrogen) atoms. The smallest absolute Gasteiger partial charge is 0.324 e. The zero-order valence-corrected chi connectivity index (χ0v) is 12.8. The van der Waals surface area contributed by atoms with E-state index in [9.17, 15) is 14.7 Å². The van der Waals surface area contributed by atoms with Gasteiger partial charge in [0.1, 0.15) is 5.75 Å². The number of carboxylic acid groups (broad SMARTS) is 1. The molecule has 1 aromatic carbocycles. The summed E-state index contributed by atoms with van der Waals surface area (Å²) in [6.07, 6.45) is 0.243. The summed E-state index contributed by atoms with van der Waals surface area (Å²) in [5.74, 6) is -1.59. The van der Waals surface area contributed by atoms with E-state index in [1.807, 2.05) is 0 Å². The molecule has 0 saturated heterocycles. The number of ether oxygens (including phenoxy) is 2. The Morgan fingerprint density at radius 1 is 1.50 bits per heavy atom. The van der Waals surface area contributed by atoms with Crippen molar-refractivity contribution >= 4 is 27.9 Å². The average Bonchev–Trinajstić information content (AvgIpc) is 3.16. The van der Waals surface area contributed by atoms with Gasteiger partial charge in [0.2, 0.25) is 0 Å². The number of hydrogen-bond donors (Lipinski definition) is 1. The summed E-state index contributed by atoms with van der Waals surface area (Å²) in [7, 11) is 1.54. The number of rotatable bonds is 5. The molecule has 0 heterocycles. The summed E-state index contributed by atoms with van der Waals surface area (Å²) in [6, 6.07) is 5.30. The average molecular weight is 343 g/mol. The highest BCUT2D eigenvalue weighted by molar-refractivity contribution is 9.10. The molecule has 5 nitrogen and oxygen atoms in total. The fraction of sp³-hybridized carbons (Fsp3) is 0.429. The van der Waals surface area contributed by atoms with Crippen molar-refractivity contribution in [2.75, 3.05) is 13.7 Å². The molecule has 6 heteroatoms. The monoisotopic (exact) mass is 342 g/mol. The molecule has 0 aliphatic heterocycles. The largest absolute Gasteiger partial charge is 0.497 e. The lowest BCUT2D eigenvalue weighted by Gasteiger charge is -2.13. The minimum Gasteiger partial charge on any atom is -0.497 e. The Balaban J connectivity index is 2.36. The van der Waals surface area contributed by atoms with Crippen LogP contribution in [0.4, 0.5) is 0 Å². The fourth-order valence-corrected chi connectivity index (χ4v) is 2.89. The summed E-state index contributed by atoms with van der Waals surface area (Å²) in [5, 5.41) is 9.40. The van der Waals surface area contributed by atoms with Gasteiger partial charge in [-0.1, -0.05) is 15.9 Å². The number of halogens is 1. The van der Waals surface area contributed by atoms with Crippen molar-refractivity contribution in [3.8, 4) is 5.75 Å². The van der Waals surface area contributed by atoms with Crippen molar-refractivity contribution < 1.29 is 24.2 Å². The van der Waals surface area contributed by atoms with Crippen LogP contribution in [0.1, 0.15) is 24.8 Å². The van der Waals surface area contributed by atoms with E-state index in [4.69, 9.17) is 9.47 Å². The summed E-state index contributed by atoms with van der Waals surface area (Å²) in [6.45, 7) is 1.83. The minimum absolute atomic E-state index is 0.167. The van der Waals surface area contributed by atoms with Gasteiger partial charge in [-0.05, 0) is 37.1 Å². The van der Waals surface area contributed by atoms with Crippen LogP contribution in [-0.2, 0) is 14.3 Å². The molecular formula is C14H15BrO5. The van der Waals surface area contributed by atoms with Gasteiger partial charge >= 0.3 is 11.9 Å². The van der Waals surface area contributed by atoms with Crippen molar-refractivity contribution in [1.82, 2.24) is 0 Å². The topological polar surface area (TPSA) is 72.8 Å². The van der Waals surface area contributed by atoms with E-state index in [1.165, 1.54) is 7.11 Å². The highest BCUT2D eigenvalue weighted by Crippen LogP contribution is 2.61. The van der Waals surface area contributed by atoms with Crippen molar-refractivity contribution in [3.63, 3.8) is 0 Å². The fourth-order valence-electron chi connectivity index (χ4n) is 2.36. The maximum absolute atomic E-state index is 12.0. The highest BCUT2D eigenvalue weighted by atomic mass is 79.9. The van der Waals surface area contributed by atoms with E-state index in [0.29, 0.717) is 5.75 Å². The quantitative estimate of drug-likeness (QED) is 0.657. The molecule has 0 radical (unpaired) electrons. The Morgan fingerprint density at radius 2 is 2.20 bits per heavy atom. The third-order valence-electron chi connectivity index (χ3n) is 3.56. The summed E-state index contributed by atoms with van der Waals surface area (Å²) in [5.41, 5.74) is -0.718. The molecular weight excluding hydrogens is 328 g/mol. The molecule has 0 unspecified atom stereocenters. The second kappa shape index (κ2) is 5.44. The third-order valence-corrected chi connectivity index (χ3v) is 4.28. The van der Waals surface area contributed by atoms with Crippen LogP contribution in [0.2, 0.25) is 0 Å². The number of carboxylic acids is 1. The van der Waals surface area contributed by atoms with E-state index < -0.39 is 23.3 Å². The lowest BCUT2D eigenvalue weighted by molar-refractivity contribution is -0.161. The number of benzene rings is 1. The predicted octanol–water partition coefficient (Wildman–Crippen LogP) is 2.58. The maximum Gasteiger partial charge on any atom is 0.324 e. The van der Waals surface area contributed by atoms with Gasteiger partial charge in [-0.25, -0.2) is 0 Å². The molecule has 0 spiro atoms. The van der Waals surface area contributed by atoms with Crippen molar-refractivity contribution in [3.05, 3.63) is 28.2 Å². The minimum atomic E-state index is -1.47. The predicted molar refractivity (Wildman–Crippen MR) is 74.8 cm³/mol. The van der Waals surface area contributed by atoms with Crippen LogP contribution in [0.25, 0.3) is 0 Å². The first-order valence-electron chi connectivity index (χ1n) is 6.21. The van der Waals surface area contributed by atoms with Gasteiger partial charge in [0.05, 0.1) is 13.7 Å². The Hall–Kier alpha value is -1.56. The van der Waals surface area contributed by atoms with Crippen LogP contribution in [0.3, 0.4) is 0 Å². The molecule has 2 atom stereocenters. The van der Waals surface area contributed by atoms with Crippen LogP contribution in [-0.4, -0.2) is 30.8 Å². The van der Waals surface area contributed by atoms with Gasteiger partial charge in [0.25, 0.3) is 0 Å². The first-order chi connectivity index (χ1) is 9.47. The number of methoxy groups -OCH3 is 1. The Morgan fingerprint density at radius 3 is 2.75 bits per heavy atom. The van der Waals surface area contributed by atoms with E-state index in [2.05, 4.69) is 15.9 Å². The Labute approximate surface area is 125 Å². The van der Waals surface area contributed by atoms with Gasteiger partial charge in [0, 0.05) is 10.4 Å². The van der Waals surface area contributed by atoms with E-state index in [-0.39, 0.29) is 13.0 Å². The van der Waals surface area contributed by atoms with Crippen LogP contribution in [0.15, 0.2) is 22.7 Å². The lowest BCUT2D eigenvalue weighted by atomic mass is 9.99. The Kier molecular flexibility index (Phi) is 4.04. The van der Waals surface area contributed by atoms with Crippen LogP contribution in [0.5, 0.6) is 5.75 Å². The molecule has 1 aromatic rings. The number of hydrogen-bond acceptors (Lipinski definition) is 4. The number of esters is 1. The summed E-state index contributed by atoms with van der Waals surface area (Å²) < 4.78 is 10.8. The normalized spacial score (nSPS) is 24.1. The zero-order chi connectivity index (χ0) is 14.9. The van der Waals surface area contributed by atoms with Gasteiger partial charge in [-0.2, -0.15) is 0 Å². The van der Waals surface area contributed by atoms with Crippen LogP contribution >= 0.6 is 15.9 Å². The van der Waals surface area contributed by atoms with Crippen molar-refractivity contribution in [2.24, 2.45) is 5.41 Å². The Bertz CT molecular complexity index is 556. The second-order valence-electron chi connectivity index (χ2n) is 4.64. The van der Waals surface area contributed by atoms with E-state index in [1.54, 1.807) is 25.1 Å². The molecule has 0 amide bonds. The molecule has 1 aliphatic carbocycles. The molecule has 1 N–H and O–H groups in total. The molecule has 2 rings (SSSR count). The molecule has 108 valence electrons. The summed E-state index contributed by atoms with van der Waals surface area (Å²) in [4.78, 5) is 23.5. The SMILES string of the molecule is CCOC(=O)[C@@]1(C(=O)O)C[C@H]1c1cc(OC)ccc1Br. The van der Waals surface area contributed by atoms with Crippen LogP contribution < -0.4 is 4.74 Å². The first kappa shape index (κ1) is 14.8. The third kappa shape index (κ3) is 2.28. The van der Waals surface area contributed by atoms with Crippen LogP contribution in [0, 0.1) is 5.41 Å². The van der Waals surface area contributed by atoms with Gasteiger partial charge < -0.3 is 14.6 Å². The van der Waals surface area contributed by atoms with E-state index >= 15 is 0 Å². The highest BCUT2D eigenvalue weighted by Gasteiger charge is 2.68. The summed E-state index contributed by atoms with van der Waals surface area (Å²) >= 11 is 3.39. The molecule has 1 saturated carbocycles. The molecule has 0 aromatic heterocycles. The first-order valence-corrected chi connectivity index (χ1v) is 7.00. The van der Waals surface area contributed by atoms with Gasteiger partial charge in [-0.3, -0.25) is 9.59 Å². The zero-order valence-electron chi connectivity index (χ0n) is 11.2. The molecule has 0 bridgehead atoms. The van der Waals surface area contributed by atoms with E-state index in [0.717, 1.165) is 10.0 Å².